The first-order valence-electron chi connectivity index (χ1n) is 8.48. The van der Waals surface area contributed by atoms with Crippen LogP contribution in [0.3, 0.4) is 0 Å². The summed E-state index contributed by atoms with van der Waals surface area (Å²) in [5, 5.41) is 9.56. The van der Waals surface area contributed by atoms with Gasteiger partial charge in [0, 0.05) is 5.56 Å². The number of nitrogens with zero attached hydrogens (tertiary/aromatic N) is 2. The van der Waals surface area contributed by atoms with Crippen molar-refractivity contribution in [1.29, 1.82) is 0 Å². The van der Waals surface area contributed by atoms with Gasteiger partial charge in [-0.1, -0.05) is 17.2 Å². The molecule has 0 atom stereocenters. The van der Waals surface area contributed by atoms with Crippen LogP contribution in [0.2, 0.25) is 0 Å². The Labute approximate surface area is 161 Å². The molecule has 1 N–H and O–H groups in total. The molecule has 2 aromatic carbocycles. The number of halogens is 1. The number of amides is 1. The van der Waals surface area contributed by atoms with Crippen LogP contribution in [-0.4, -0.2) is 29.8 Å². The molecule has 1 heterocycles. The Kier molecular flexibility index (Phi) is 5.55. The van der Waals surface area contributed by atoms with Gasteiger partial charge in [0.15, 0.2) is 9.84 Å². The number of carbonyl (C=O) groups is 1. The predicted molar refractivity (Wildman–Crippen MR) is 100 cm³/mol. The first-order valence-corrected chi connectivity index (χ1v) is 10.0. The van der Waals surface area contributed by atoms with Gasteiger partial charge in [0.2, 0.25) is 5.89 Å². The standard InChI is InChI=1S/C19H18FN3O4S/c1-12(2)28(25,26)16-9-3-13(4-10-16)11-17-22-23-19(27-17)21-18(24)14-5-7-15(20)8-6-14/h3-10,12H,11H2,1-2H3,(H,21,23,24). The van der Waals surface area contributed by atoms with E-state index in [2.05, 4.69) is 15.5 Å². The zero-order valence-corrected chi connectivity index (χ0v) is 16.0. The highest BCUT2D eigenvalue weighted by Crippen LogP contribution is 2.18. The molecular formula is C19H18FN3O4S. The first-order chi connectivity index (χ1) is 13.3. The molecule has 0 saturated heterocycles. The van der Waals surface area contributed by atoms with Gasteiger partial charge in [-0.15, -0.1) is 5.10 Å². The maximum absolute atomic E-state index is 12.9. The molecule has 0 bridgehead atoms. The van der Waals surface area contributed by atoms with E-state index < -0.39 is 26.8 Å². The van der Waals surface area contributed by atoms with E-state index in [9.17, 15) is 17.6 Å². The molecule has 0 saturated carbocycles. The largest absolute Gasteiger partial charge is 0.407 e. The normalized spacial score (nSPS) is 11.6. The number of benzene rings is 2. The summed E-state index contributed by atoms with van der Waals surface area (Å²) in [4.78, 5) is 12.3. The second-order valence-corrected chi connectivity index (χ2v) is 8.88. The molecule has 9 heteroatoms. The summed E-state index contributed by atoms with van der Waals surface area (Å²) in [7, 11) is -3.33. The van der Waals surface area contributed by atoms with E-state index in [1.807, 2.05) is 0 Å². The monoisotopic (exact) mass is 403 g/mol. The summed E-state index contributed by atoms with van der Waals surface area (Å²) < 4.78 is 42.6. The molecule has 0 aliphatic carbocycles. The molecular weight excluding hydrogens is 385 g/mol. The second-order valence-electron chi connectivity index (χ2n) is 6.38. The average molecular weight is 403 g/mol. The van der Waals surface area contributed by atoms with Crippen LogP contribution in [-0.2, 0) is 16.3 Å². The van der Waals surface area contributed by atoms with Crippen LogP contribution in [0.25, 0.3) is 0 Å². The van der Waals surface area contributed by atoms with E-state index >= 15 is 0 Å². The molecule has 0 aliphatic rings. The molecule has 3 aromatic rings. The Morgan fingerprint density at radius 3 is 2.32 bits per heavy atom. The van der Waals surface area contributed by atoms with E-state index in [-0.39, 0.29) is 28.8 Å². The maximum Gasteiger partial charge on any atom is 0.322 e. The predicted octanol–water partition coefficient (Wildman–Crippen LogP) is 3.23. The van der Waals surface area contributed by atoms with Gasteiger partial charge in [0.05, 0.1) is 16.6 Å². The highest BCUT2D eigenvalue weighted by atomic mass is 32.2. The summed E-state index contributed by atoms with van der Waals surface area (Å²) in [5.74, 6) is -0.684. The third kappa shape index (κ3) is 4.42. The third-order valence-electron chi connectivity index (χ3n) is 4.02. The summed E-state index contributed by atoms with van der Waals surface area (Å²) in [5.41, 5.74) is 1.03. The lowest BCUT2D eigenvalue weighted by molar-refractivity contribution is 0.102. The van der Waals surface area contributed by atoms with E-state index in [0.29, 0.717) is 0 Å². The zero-order valence-electron chi connectivity index (χ0n) is 15.2. The Balaban J connectivity index is 1.66. The highest BCUT2D eigenvalue weighted by Gasteiger charge is 2.19. The fraction of sp³-hybridized carbons (Fsp3) is 0.211. The smallest absolute Gasteiger partial charge is 0.322 e. The summed E-state index contributed by atoms with van der Waals surface area (Å²) >= 11 is 0. The van der Waals surface area contributed by atoms with E-state index in [1.165, 1.54) is 36.4 Å². The highest BCUT2D eigenvalue weighted by molar-refractivity contribution is 7.92. The minimum Gasteiger partial charge on any atom is -0.407 e. The second kappa shape index (κ2) is 7.89. The fourth-order valence-corrected chi connectivity index (χ4v) is 3.45. The molecule has 28 heavy (non-hydrogen) atoms. The van der Waals surface area contributed by atoms with Crippen LogP contribution in [0, 0.1) is 5.82 Å². The number of nitrogens with one attached hydrogen (secondary N) is 1. The summed E-state index contributed by atoms with van der Waals surface area (Å²) in [6.45, 7) is 3.26. The van der Waals surface area contributed by atoms with E-state index in [0.717, 1.165) is 5.56 Å². The molecule has 1 amide bonds. The molecule has 1 aromatic heterocycles. The van der Waals surface area contributed by atoms with Gasteiger partial charge in [-0.2, -0.15) is 0 Å². The lowest BCUT2D eigenvalue weighted by Gasteiger charge is -2.08. The minimum atomic E-state index is -3.33. The first kappa shape index (κ1) is 19.7. The van der Waals surface area contributed by atoms with Crippen LogP contribution in [0.1, 0.15) is 35.7 Å². The fourth-order valence-electron chi connectivity index (χ4n) is 2.39. The van der Waals surface area contributed by atoms with Crippen LogP contribution >= 0.6 is 0 Å². The van der Waals surface area contributed by atoms with Crippen molar-refractivity contribution in [3.63, 3.8) is 0 Å². The van der Waals surface area contributed by atoms with Crippen LogP contribution in [0.4, 0.5) is 10.4 Å². The molecule has 146 valence electrons. The van der Waals surface area contributed by atoms with Crippen molar-refractivity contribution in [3.8, 4) is 0 Å². The number of carbonyl (C=O) groups excluding carboxylic acids is 1. The van der Waals surface area contributed by atoms with E-state index in [1.54, 1.807) is 26.0 Å². The molecule has 3 rings (SSSR count). The lowest BCUT2D eigenvalue weighted by Crippen LogP contribution is -2.13. The Bertz CT molecular complexity index is 1080. The van der Waals surface area contributed by atoms with Gasteiger partial charge in [-0.25, -0.2) is 12.8 Å². The van der Waals surface area contributed by atoms with Gasteiger partial charge < -0.3 is 4.42 Å². The van der Waals surface area contributed by atoms with Crippen molar-refractivity contribution in [3.05, 3.63) is 71.4 Å². The van der Waals surface area contributed by atoms with Crippen molar-refractivity contribution >= 4 is 21.8 Å². The van der Waals surface area contributed by atoms with Crippen LogP contribution in [0.5, 0.6) is 0 Å². The van der Waals surface area contributed by atoms with Crippen LogP contribution in [0.15, 0.2) is 57.8 Å². The topological polar surface area (TPSA) is 102 Å². The number of aromatic nitrogens is 2. The average Bonchev–Trinajstić information content (AvgIpc) is 3.09. The molecule has 0 unspecified atom stereocenters. The number of sulfone groups is 1. The van der Waals surface area contributed by atoms with Crippen molar-refractivity contribution in [2.45, 2.75) is 30.4 Å². The summed E-state index contributed by atoms with van der Waals surface area (Å²) in [6, 6.07) is 11.4. The van der Waals surface area contributed by atoms with Crippen molar-refractivity contribution in [2.75, 3.05) is 5.32 Å². The quantitative estimate of drug-likeness (QED) is 0.678. The maximum atomic E-state index is 12.9. The van der Waals surface area contributed by atoms with Gasteiger partial charge >= 0.3 is 6.01 Å². The Hall–Kier alpha value is -3.07. The van der Waals surface area contributed by atoms with Crippen molar-refractivity contribution in [2.24, 2.45) is 0 Å². The van der Waals surface area contributed by atoms with Gasteiger partial charge in [-0.05, 0) is 55.8 Å². The lowest BCUT2D eigenvalue weighted by atomic mass is 10.1. The number of anilines is 1. The molecule has 0 fully saturated rings. The van der Waals surface area contributed by atoms with Crippen molar-refractivity contribution in [1.82, 2.24) is 10.2 Å². The number of hydrogen-bond donors (Lipinski definition) is 1. The molecule has 0 radical (unpaired) electrons. The van der Waals surface area contributed by atoms with Gasteiger partial charge in [0.25, 0.3) is 5.91 Å². The molecule has 7 nitrogen and oxygen atoms in total. The number of rotatable bonds is 6. The van der Waals surface area contributed by atoms with Gasteiger partial charge in [0.1, 0.15) is 5.82 Å². The number of hydrogen-bond acceptors (Lipinski definition) is 6. The Morgan fingerprint density at radius 2 is 1.71 bits per heavy atom. The van der Waals surface area contributed by atoms with Crippen LogP contribution < -0.4 is 5.32 Å². The van der Waals surface area contributed by atoms with E-state index in [4.69, 9.17) is 4.42 Å². The molecule has 0 spiro atoms. The third-order valence-corrected chi connectivity index (χ3v) is 6.19. The Morgan fingerprint density at radius 1 is 1.07 bits per heavy atom. The zero-order chi connectivity index (χ0) is 20.3. The minimum absolute atomic E-state index is 0.0802. The van der Waals surface area contributed by atoms with Crippen molar-refractivity contribution < 1.29 is 22.0 Å². The van der Waals surface area contributed by atoms with Gasteiger partial charge in [-0.3, -0.25) is 10.1 Å². The SMILES string of the molecule is CC(C)S(=O)(=O)c1ccc(Cc2nnc(NC(=O)c3ccc(F)cc3)o2)cc1. The molecule has 0 aliphatic heterocycles. The summed E-state index contributed by atoms with van der Waals surface area (Å²) in [6.07, 6.45) is 0.279.